The highest BCUT2D eigenvalue weighted by Crippen LogP contribution is 2.40. The van der Waals surface area contributed by atoms with Gasteiger partial charge in [0.05, 0.1) is 22.0 Å². The van der Waals surface area contributed by atoms with E-state index in [4.69, 9.17) is 39.3 Å². The van der Waals surface area contributed by atoms with Crippen LogP contribution in [0.15, 0.2) is 47.4 Å². The van der Waals surface area contributed by atoms with Crippen molar-refractivity contribution in [3.05, 3.63) is 69.3 Å². The highest BCUT2D eigenvalue weighted by molar-refractivity contribution is 7.86. The lowest BCUT2D eigenvalue weighted by atomic mass is 10.1. The average Bonchev–Trinajstić information content (AvgIpc) is 3.22. The first-order valence-electron chi connectivity index (χ1n) is 11.3. The monoisotopic (exact) mass is 657 g/mol. The van der Waals surface area contributed by atoms with Gasteiger partial charge in [0, 0.05) is 13.0 Å². The van der Waals surface area contributed by atoms with Crippen LogP contribution in [0.25, 0.3) is 5.69 Å². The van der Waals surface area contributed by atoms with E-state index in [2.05, 4.69) is 10.4 Å². The Morgan fingerprint density at radius 2 is 1.64 bits per heavy atom. The molecule has 1 unspecified atom stereocenters. The van der Waals surface area contributed by atoms with Gasteiger partial charge in [-0.15, -0.1) is 0 Å². The number of carboxylic acids is 1. The lowest BCUT2D eigenvalue weighted by Crippen LogP contribution is -2.25. The van der Waals surface area contributed by atoms with E-state index in [-0.39, 0.29) is 18.7 Å². The molecule has 0 spiro atoms. The number of benzene rings is 2. The molecule has 0 aliphatic rings. The molecule has 4 N–H and O–H groups in total. The van der Waals surface area contributed by atoms with Crippen LogP contribution in [0.3, 0.4) is 0 Å². The van der Waals surface area contributed by atoms with E-state index >= 15 is 0 Å². The van der Waals surface area contributed by atoms with Crippen molar-refractivity contribution in [1.82, 2.24) is 15.1 Å². The first kappa shape index (κ1) is 34.4. The van der Waals surface area contributed by atoms with Crippen LogP contribution in [0, 0.1) is 11.3 Å². The Hall–Kier alpha value is -3.81. The summed E-state index contributed by atoms with van der Waals surface area (Å²) in [4.78, 5) is 20.2. The van der Waals surface area contributed by atoms with Crippen molar-refractivity contribution >= 4 is 51.7 Å². The van der Waals surface area contributed by atoms with Crippen LogP contribution in [0.4, 0.5) is 32.2 Å². The minimum atomic E-state index is -5.25. The summed E-state index contributed by atoms with van der Waals surface area (Å²) in [7, 11) is -3.71. The topological polar surface area (TPSA) is 151 Å². The van der Waals surface area contributed by atoms with E-state index in [0.29, 0.717) is 23.4 Å². The number of nitrogen functional groups attached to an aromatic ring is 1. The molecule has 9 nitrogen and oxygen atoms in total. The van der Waals surface area contributed by atoms with E-state index in [9.17, 15) is 40.1 Å². The average molecular weight is 658 g/mol. The summed E-state index contributed by atoms with van der Waals surface area (Å²) in [6.07, 6.45) is -4.09. The van der Waals surface area contributed by atoms with Crippen LogP contribution in [-0.2, 0) is 33.0 Å². The molecular weight excluding hydrogens is 639 g/mol. The highest BCUT2D eigenvalue weighted by atomic mass is 35.5. The number of amides is 1. The summed E-state index contributed by atoms with van der Waals surface area (Å²) >= 11 is 11.5. The van der Waals surface area contributed by atoms with Gasteiger partial charge in [-0.3, -0.25) is 9.59 Å². The predicted molar refractivity (Wildman–Crippen MR) is 140 cm³/mol. The van der Waals surface area contributed by atoms with Crippen molar-refractivity contribution in [2.24, 2.45) is 0 Å². The summed E-state index contributed by atoms with van der Waals surface area (Å²) in [6.45, 7) is 0.544. The maximum Gasteiger partial charge on any atom is 0.476 e. The van der Waals surface area contributed by atoms with Crippen molar-refractivity contribution < 1.29 is 45.2 Å². The first-order chi connectivity index (χ1) is 19.5. The van der Waals surface area contributed by atoms with E-state index in [1.54, 1.807) is 0 Å². The van der Waals surface area contributed by atoms with Crippen LogP contribution in [-0.4, -0.2) is 43.0 Å². The summed E-state index contributed by atoms with van der Waals surface area (Å²) in [5, 5.41) is 22.1. The van der Waals surface area contributed by atoms with Crippen LogP contribution in [0.5, 0.6) is 0 Å². The fourth-order valence-electron chi connectivity index (χ4n) is 3.19. The number of aromatic nitrogens is 2. The number of nitrogens with two attached hydrogens (primary N) is 1. The number of hydrogen-bond acceptors (Lipinski definition) is 6. The first-order valence-corrected chi connectivity index (χ1v) is 13.2. The zero-order valence-corrected chi connectivity index (χ0v) is 23.2. The number of nitriles is 1. The van der Waals surface area contributed by atoms with Gasteiger partial charge >= 0.3 is 17.7 Å². The third-order valence-corrected chi connectivity index (χ3v) is 6.85. The second-order valence-corrected chi connectivity index (χ2v) is 10.3. The molecule has 18 heteroatoms. The maximum atomic E-state index is 12.7. The Bertz CT molecular complexity index is 1480. The quantitative estimate of drug-likeness (QED) is 0.271. The highest BCUT2D eigenvalue weighted by Gasteiger charge is 2.42. The van der Waals surface area contributed by atoms with Gasteiger partial charge in [-0.1, -0.05) is 53.5 Å². The van der Waals surface area contributed by atoms with Crippen LogP contribution in [0.2, 0.25) is 10.0 Å². The number of carbonyl (C=O) groups is 2. The molecule has 0 fully saturated rings. The molecule has 3 aromatic rings. The number of nitrogens with zero attached hydrogens (tertiary/aromatic N) is 3. The Kier molecular flexibility index (Phi) is 11.8. The van der Waals surface area contributed by atoms with Crippen LogP contribution >= 0.6 is 23.2 Å². The van der Waals surface area contributed by atoms with Crippen molar-refractivity contribution in [1.29, 1.82) is 5.26 Å². The fourth-order valence-corrected chi connectivity index (χ4v) is 4.61. The molecule has 2 aromatic carbocycles. The van der Waals surface area contributed by atoms with Gasteiger partial charge in [0.1, 0.15) is 22.5 Å². The van der Waals surface area contributed by atoms with Crippen molar-refractivity contribution in [3.8, 4) is 11.8 Å². The van der Waals surface area contributed by atoms with Gasteiger partial charge in [0.15, 0.2) is 16.5 Å². The Morgan fingerprint density at radius 3 is 2.12 bits per heavy atom. The van der Waals surface area contributed by atoms with E-state index in [0.717, 1.165) is 12.0 Å². The molecule has 3 rings (SSSR count). The second-order valence-electron chi connectivity index (χ2n) is 8.07. The molecule has 0 aliphatic heterocycles. The van der Waals surface area contributed by atoms with Gasteiger partial charge in [-0.25, -0.2) is 8.89 Å². The molecular formula is C24H19Cl2F6N5O4S. The SMILES string of the molecule is N#Cc1nn(-c2c(Cl)cc(C(F)(F)F)cc2Cl)c(N)c1S(=O)C(F)(F)F.O=C(O)CCC(=O)NCCc1ccccc1. The lowest BCUT2D eigenvalue weighted by molar-refractivity contribution is -0.139. The molecule has 42 heavy (non-hydrogen) atoms. The standard InChI is InChI=1S/C12H4Cl2F6N4OS.C12H15NO3/c13-5-1-4(11(15,16)17)2-6(14)8(5)24-10(22)9(7(3-21)23-24)26(25)12(18,19)20;14-11(6-7-12(15)16)13-9-8-10-4-2-1-3-5-10/h1-2H,22H2;1-5H,6-9H2,(H,13,14)(H,15,16). The number of hydrogen-bond donors (Lipinski definition) is 3. The van der Waals surface area contributed by atoms with Gasteiger partial charge in [-0.05, 0) is 24.1 Å². The van der Waals surface area contributed by atoms with E-state index in [1.807, 2.05) is 30.3 Å². The number of alkyl halides is 6. The van der Waals surface area contributed by atoms with Crippen molar-refractivity contribution in [2.75, 3.05) is 12.3 Å². The van der Waals surface area contributed by atoms with Gasteiger partial charge < -0.3 is 16.2 Å². The summed E-state index contributed by atoms with van der Waals surface area (Å²) < 4.78 is 88.4. The third-order valence-electron chi connectivity index (χ3n) is 5.08. The number of carbonyl (C=O) groups excluding carboxylic acids is 1. The minimum absolute atomic E-state index is 0.0458. The number of carboxylic acid groups (broad SMARTS) is 1. The van der Waals surface area contributed by atoms with E-state index < -0.39 is 66.2 Å². The number of anilines is 1. The molecule has 0 bridgehead atoms. The number of aliphatic carboxylic acids is 1. The molecule has 1 atom stereocenters. The minimum Gasteiger partial charge on any atom is -0.481 e. The molecule has 1 heterocycles. The number of rotatable bonds is 8. The molecule has 226 valence electrons. The lowest BCUT2D eigenvalue weighted by Gasteiger charge is -2.13. The Labute approximate surface area is 246 Å². The predicted octanol–water partition coefficient (Wildman–Crippen LogP) is 5.49. The Morgan fingerprint density at radius 1 is 1.07 bits per heavy atom. The molecule has 0 saturated heterocycles. The summed E-state index contributed by atoms with van der Waals surface area (Å²) in [5.41, 5.74) is -1.27. The molecule has 1 amide bonds. The second kappa shape index (κ2) is 14.4. The summed E-state index contributed by atoms with van der Waals surface area (Å²) in [5.74, 6) is -2.06. The van der Waals surface area contributed by atoms with E-state index in [1.165, 1.54) is 6.07 Å². The third kappa shape index (κ3) is 9.36. The van der Waals surface area contributed by atoms with Gasteiger partial charge in [0.25, 0.3) is 0 Å². The largest absolute Gasteiger partial charge is 0.481 e. The molecule has 1 aromatic heterocycles. The maximum absolute atomic E-state index is 12.7. The Balaban J connectivity index is 0.000000330. The van der Waals surface area contributed by atoms with Crippen LogP contribution in [0.1, 0.15) is 29.7 Å². The smallest absolute Gasteiger partial charge is 0.476 e. The molecule has 0 saturated carbocycles. The van der Waals surface area contributed by atoms with Crippen molar-refractivity contribution in [3.63, 3.8) is 0 Å². The van der Waals surface area contributed by atoms with Gasteiger partial charge in [-0.2, -0.15) is 36.7 Å². The number of halogens is 8. The molecule has 0 radical (unpaired) electrons. The zero-order chi connectivity index (χ0) is 31.8. The number of nitrogens with one attached hydrogen (secondary N) is 1. The normalized spacial score (nSPS) is 12.1. The van der Waals surface area contributed by atoms with Crippen molar-refractivity contribution in [2.45, 2.75) is 35.8 Å². The zero-order valence-electron chi connectivity index (χ0n) is 20.9. The van der Waals surface area contributed by atoms with Gasteiger partial charge in [0.2, 0.25) is 5.91 Å². The fraction of sp³-hybridized carbons (Fsp3) is 0.250. The summed E-state index contributed by atoms with van der Waals surface area (Å²) in [6, 6.07) is 12.0. The van der Waals surface area contributed by atoms with Crippen LogP contribution < -0.4 is 11.1 Å². The molecule has 0 aliphatic carbocycles.